The maximum absolute atomic E-state index is 11.6. The van der Waals surface area contributed by atoms with E-state index in [1.165, 1.54) is 9.75 Å². The van der Waals surface area contributed by atoms with E-state index in [0.29, 0.717) is 12.5 Å². The van der Waals surface area contributed by atoms with Gasteiger partial charge in [0.2, 0.25) is 5.91 Å². The fourth-order valence-electron chi connectivity index (χ4n) is 1.15. The van der Waals surface area contributed by atoms with Crippen LogP contribution in [0.3, 0.4) is 0 Å². The number of carbonyl (C=O) groups excluding carboxylic acids is 1. The summed E-state index contributed by atoms with van der Waals surface area (Å²) >= 11 is 5.10. The number of rotatable bonds is 4. The van der Waals surface area contributed by atoms with E-state index >= 15 is 0 Å². The zero-order valence-corrected chi connectivity index (χ0v) is 11.6. The second-order valence-corrected chi connectivity index (χ2v) is 6.23. The van der Waals surface area contributed by atoms with Crippen LogP contribution >= 0.6 is 27.3 Å². The van der Waals surface area contributed by atoms with Crippen molar-refractivity contribution in [3.8, 4) is 0 Å². The van der Waals surface area contributed by atoms with Crippen LogP contribution in [0.2, 0.25) is 0 Å². The van der Waals surface area contributed by atoms with Gasteiger partial charge in [0, 0.05) is 9.75 Å². The largest absolute Gasteiger partial charge is 0.350 e. The highest BCUT2D eigenvalue weighted by Gasteiger charge is 2.17. The molecule has 1 unspecified atom stereocenters. The molecule has 0 aliphatic carbocycles. The molecular weight excluding hydrogens is 274 g/mol. The lowest BCUT2D eigenvalue weighted by Crippen LogP contribution is -2.33. The van der Waals surface area contributed by atoms with Crippen LogP contribution in [0.5, 0.6) is 0 Å². The molecule has 0 fully saturated rings. The Kier molecular flexibility index (Phi) is 4.80. The van der Waals surface area contributed by atoms with Gasteiger partial charge in [-0.25, -0.2) is 0 Å². The summed E-state index contributed by atoms with van der Waals surface area (Å²) in [4.78, 5) is 14.0. The van der Waals surface area contributed by atoms with Gasteiger partial charge in [0.1, 0.15) is 0 Å². The van der Waals surface area contributed by atoms with Gasteiger partial charge in [-0.1, -0.05) is 29.8 Å². The van der Waals surface area contributed by atoms with E-state index in [1.807, 2.05) is 13.8 Å². The fraction of sp³-hybridized carbons (Fsp3) is 0.545. The zero-order valence-electron chi connectivity index (χ0n) is 9.21. The minimum Gasteiger partial charge on any atom is -0.350 e. The van der Waals surface area contributed by atoms with Gasteiger partial charge in [-0.15, -0.1) is 11.3 Å². The van der Waals surface area contributed by atoms with Gasteiger partial charge in [0.15, 0.2) is 0 Å². The molecule has 0 aliphatic heterocycles. The third-order valence-corrected chi connectivity index (χ3v) is 4.54. The summed E-state index contributed by atoms with van der Waals surface area (Å²) in [5, 5.41) is 2.92. The molecule has 1 amide bonds. The molecule has 0 spiro atoms. The van der Waals surface area contributed by atoms with Crippen molar-refractivity contribution in [2.24, 2.45) is 5.92 Å². The Morgan fingerprint density at radius 1 is 1.53 bits per heavy atom. The Labute approximate surface area is 103 Å². The molecule has 84 valence electrons. The zero-order chi connectivity index (χ0) is 11.4. The first-order chi connectivity index (χ1) is 7.00. The lowest BCUT2D eigenvalue weighted by Gasteiger charge is -2.13. The van der Waals surface area contributed by atoms with Gasteiger partial charge in [0.05, 0.1) is 11.4 Å². The Morgan fingerprint density at radius 3 is 2.67 bits per heavy atom. The molecule has 2 nitrogen and oxygen atoms in total. The maximum atomic E-state index is 11.6. The van der Waals surface area contributed by atoms with Crippen molar-refractivity contribution in [3.05, 3.63) is 21.9 Å². The SMILES string of the molecule is Cc1ccc(CNC(=O)C(Br)C(C)C)s1. The molecule has 0 saturated carbocycles. The van der Waals surface area contributed by atoms with E-state index in [4.69, 9.17) is 0 Å². The van der Waals surface area contributed by atoms with Crippen LogP contribution in [0, 0.1) is 12.8 Å². The number of thiophene rings is 1. The number of halogens is 1. The average molecular weight is 290 g/mol. The number of aryl methyl sites for hydroxylation is 1. The summed E-state index contributed by atoms with van der Waals surface area (Å²) in [6, 6.07) is 4.12. The van der Waals surface area contributed by atoms with E-state index < -0.39 is 0 Å². The summed E-state index contributed by atoms with van der Waals surface area (Å²) in [5.74, 6) is 0.381. The van der Waals surface area contributed by atoms with E-state index in [2.05, 4.69) is 40.3 Å². The van der Waals surface area contributed by atoms with Gasteiger partial charge >= 0.3 is 0 Å². The highest BCUT2D eigenvalue weighted by atomic mass is 79.9. The topological polar surface area (TPSA) is 29.1 Å². The lowest BCUT2D eigenvalue weighted by atomic mass is 10.1. The summed E-state index contributed by atoms with van der Waals surface area (Å²) in [6.45, 7) is 6.74. The van der Waals surface area contributed by atoms with Gasteiger partial charge in [-0.2, -0.15) is 0 Å². The predicted octanol–water partition coefficient (Wildman–Crippen LogP) is 3.09. The van der Waals surface area contributed by atoms with Crippen LogP contribution in [-0.4, -0.2) is 10.7 Å². The minimum atomic E-state index is -0.0986. The van der Waals surface area contributed by atoms with Crippen LogP contribution in [0.1, 0.15) is 23.6 Å². The number of amides is 1. The molecule has 0 bridgehead atoms. The third-order valence-electron chi connectivity index (χ3n) is 2.07. The standard InChI is InChI=1S/C11H16BrNOS/c1-7(2)10(12)11(14)13-6-9-5-4-8(3)15-9/h4-5,7,10H,6H2,1-3H3,(H,13,14). The molecule has 0 aromatic carbocycles. The minimum absolute atomic E-state index is 0.0658. The second-order valence-electron chi connectivity index (χ2n) is 3.88. The van der Waals surface area contributed by atoms with E-state index in [0.717, 1.165) is 0 Å². The van der Waals surface area contributed by atoms with Crippen molar-refractivity contribution < 1.29 is 4.79 Å². The van der Waals surface area contributed by atoms with Gasteiger partial charge in [0.25, 0.3) is 0 Å². The fourth-order valence-corrected chi connectivity index (χ4v) is 2.15. The molecule has 1 aromatic heterocycles. The molecule has 1 N–H and O–H groups in total. The molecular formula is C11H16BrNOS. The first kappa shape index (κ1) is 12.7. The summed E-state index contributed by atoms with van der Waals surface area (Å²) in [7, 11) is 0. The molecule has 1 atom stereocenters. The highest BCUT2D eigenvalue weighted by Crippen LogP contribution is 2.16. The van der Waals surface area contributed by atoms with Crippen molar-refractivity contribution in [2.45, 2.75) is 32.1 Å². The molecule has 1 rings (SSSR count). The first-order valence-electron chi connectivity index (χ1n) is 4.98. The molecule has 0 aliphatic rings. The monoisotopic (exact) mass is 289 g/mol. The van der Waals surface area contributed by atoms with Crippen molar-refractivity contribution in [1.29, 1.82) is 0 Å². The smallest absolute Gasteiger partial charge is 0.234 e. The van der Waals surface area contributed by atoms with Crippen LogP contribution in [0.4, 0.5) is 0 Å². The molecule has 0 saturated heterocycles. The predicted molar refractivity (Wildman–Crippen MR) is 68.5 cm³/mol. The van der Waals surface area contributed by atoms with Crippen molar-refractivity contribution in [2.75, 3.05) is 0 Å². The maximum Gasteiger partial charge on any atom is 0.234 e. The summed E-state index contributed by atoms with van der Waals surface area (Å²) < 4.78 is 0. The number of hydrogen-bond donors (Lipinski definition) is 1. The average Bonchev–Trinajstić information content (AvgIpc) is 2.59. The van der Waals surface area contributed by atoms with Crippen molar-refractivity contribution in [3.63, 3.8) is 0 Å². The second kappa shape index (κ2) is 5.66. The quantitative estimate of drug-likeness (QED) is 0.848. The Bertz CT molecular complexity index is 335. The Balaban J connectivity index is 2.40. The molecule has 1 aromatic rings. The van der Waals surface area contributed by atoms with Crippen LogP contribution < -0.4 is 5.32 Å². The van der Waals surface area contributed by atoms with Crippen LogP contribution in [-0.2, 0) is 11.3 Å². The van der Waals surface area contributed by atoms with Crippen molar-refractivity contribution in [1.82, 2.24) is 5.32 Å². The Morgan fingerprint density at radius 2 is 2.20 bits per heavy atom. The third kappa shape index (κ3) is 3.95. The molecule has 0 radical (unpaired) electrons. The first-order valence-corrected chi connectivity index (χ1v) is 6.71. The number of nitrogens with one attached hydrogen (secondary N) is 1. The normalized spacial score (nSPS) is 12.9. The number of hydrogen-bond acceptors (Lipinski definition) is 2. The summed E-state index contributed by atoms with van der Waals surface area (Å²) in [6.07, 6.45) is 0. The lowest BCUT2D eigenvalue weighted by molar-refractivity contribution is -0.121. The summed E-state index contributed by atoms with van der Waals surface area (Å²) in [5.41, 5.74) is 0. The molecule has 15 heavy (non-hydrogen) atoms. The van der Waals surface area contributed by atoms with Gasteiger partial charge in [-0.3, -0.25) is 4.79 Å². The van der Waals surface area contributed by atoms with E-state index in [1.54, 1.807) is 11.3 Å². The van der Waals surface area contributed by atoms with Crippen LogP contribution in [0.15, 0.2) is 12.1 Å². The number of alkyl halides is 1. The highest BCUT2D eigenvalue weighted by molar-refractivity contribution is 9.10. The van der Waals surface area contributed by atoms with Crippen LogP contribution in [0.25, 0.3) is 0 Å². The molecule has 1 heterocycles. The van der Waals surface area contributed by atoms with E-state index in [9.17, 15) is 4.79 Å². The Hall–Kier alpha value is -0.350. The van der Waals surface area contributed by atoms with Crippen molar-refractivity contribution >= 4 is 33.2 Å². The van der Waals surface area contributed by atoms with E-state index in [-0.39, 0.29) is 10.7 Å². The number of carbonyl (C=O) groups is 1. The van der Waals surface area contributed by atoms with Gasteiger partial charge < -0.3 is 5.32 Å². The van der Waals surface area contributed by atoms with Gasteiger partial charge in [-0.05, 0) is 25.0 Å². The molecule has 4 heteroatoms.